The van der Waals surface area contributed by atoms with Crippen LogP contribution in [0.2, 0.25) is 0 Å². The van der Waals surface area contributed by atoms with E-state index in [0.717, 1.165) is 31.2 Å². The van der Waals surface area contributed by atoms with E-state index in [-0.39, 0.29) is 17.4 Å². The van der Waals surface area contributed by atoms with Crippen LogP contribution >= 0.6 is 0 Å². The Hall–Kier alpha value is -1.77. The Kier molecular flexibility index (Phi) is 5.21. The predicted molar refractivity (Wildman–Crippen MR) is 98.3 cm³/mol. The minimum absolute atomic E-state index is 0.254. The molecular weight excluding hydrogens is 334 g/mol. The molecule has 3 rings (SSSR count). The second-order valence-corrected chi connectivity index (χ2v) is 8.76. The third kappa shape index (κ3) is 3.61. The molecule has 0 bridgehead atoms. The summed E-state index contributed by atoms with van der Waals surface area (Å²) in [6.45, 7) is 2.49. The molecule has 1 aliphatic heterocycles. The molecule has 134 valence electrons. The second-order valence-electron chi connectivity index (χ2n) is 6.87. The van der Waals surface area contributed by atoms with Gasteiger partial charge in [0.2, 0.25) is 0 Å². The van der Waals surface area contributed by atoms with Gasteiger partial charge in [0.15, 0.2) is 5.60 Å². The van der Waals surface area contributed by atoms with Crippen molar-refractivity contribution in [2.45, 2.75) is 49.5 Å². The van der Waals surface area contributed by atoms with Gasteiger partial charge >= 0.3 is 0 Å². The summed E-state index contributed by atoms with van der Waals surface area (Å²) in [5.74, 6) is 3.07. The Labute approximate surface area is 150 Å². The summed E-state index contributed by atoms with van der Waals surface area (Å²) in [6.07, 6.45) is 14.8. The highest BCUT2D eigenvalue weighted by molar-refractivity contribution is 7.89. The van der Waals surface area contributed by atoms with Crippen LogP contribution in [-0.2, 0) is 14.8 Å². The molecule has 1 heterocycles. The highest BCUT2D eigenvalue weighted by atomic mass is 32.2. The molecule has 0 N–H and O–H groups in total. The zero-order chi connectivity index (χ0) is 17.9. The fourth-order valence-corrected chi connectivity index (χ4v) is 4.95. The Bertz CT molecular complexity index is 770. The summed E-state index contributed by atoms with van der Waals surface area (Å²) < 4.78 is 33.2. The third-order valence-electron chi connectivity index (χ3n) is 5.21. The number of ether oxygens (including phenoxy) is 1. The summed E-state index contributed by atoms with van der Waals surface area (Å²) in [6, 6.07) is 6.89. The number of hydrogen-bond donors (Lipinski definition) is 0. The van der Waals surface area contributed by atoms with Crippen LogP contribution in [0.3, 0.4) is 0 Å². The van der Waals surface area contributed by atoms with Gasteiger partial charge in [0.1, 0.15) is 0 Å². The molecule has 0 amide bonds. The molecule has 0 spiro atoms. The average Bonchev–Trinajstić information content (AvgIpc) is 2.87. The van der Waals surface area contributed by atoms with Gasteiger partial charge in [-0.1, -0.05) is 42.9 Å². The van der Waals surface area contributed by atoms with Gasteiger partial charge in [-0.05, 0) is 38.0 Å². The van der Waals surface area contributed by atoms with E-state index in [2.05, 4.69) is 5.92 Å². The Morgan fingerprint density at radius 3 is 2.52 bits per heavy atom. The van der Waals surface area contributed by atoms with Crippen molar-refractivity contribution in [3.8, 4) is 12.3 Å². The smallest absolute Gasteiger partial charge is 0.263 e. The number of terminal acetylenes is 1. The third-order valence-corrected chi connectivity index (χ3v) is 7.00. The zero-order valence-corrected chi connectivity index (χ0v) is 15.5. The summed E-state index contributed by atoms with van der Waals surface area (Å²) in [5.41, 5.74) is 0.232. The number of aryl methyl sites for hydroxylation is 1. The molecule has 4 nitrogen and oxygen atoms in total. The molecule has 5 heteroatoms. The van der Waals surface area contributed by atoms with Crippen molar-refractivity contribution < 1.29 is 13.2 Å². The molecule has 25 heavy (non-hydrogen) atoms. The minimum atomic E-state index is -3.59. The minimum Gasteiger partial charge on any atom is -0.357 e. The van der Waals surface area contributed by atoms with Crippen LogP contribution in [0, 0.1) is 25.2 Å². The molecule has 1 unspecified atom stereocenters. The molecule has 1 aromatic carbocycles. The van der Waals surface area contributed by atoms with Crippen LogP contribution in [0.1, 0.15) is 37.7 Å². The predicted octanol–water partition coefficient (Wildman–Crippen LogP) is 3.48. The van der Waals surface area contributed by atoms with Crippen molar-refractivity contribution >= 4 is 10.0 Å². The lowest BCUT2D eigenvalue weighted by Gasteiger charge is -2.35. The first-order valence-electron chi connectivity index (χ1n) is 8.87. The van der Waals surface area contributed by atoms with Crippen molar-refractivity contribution in [3.63, 3.8) is 0 Å². The second kappa shape index (κ2) is 7.23. The van der Waals surface area contributed by atoms with E-state index in [4.69, 9.17) is 11.2 Å². The molecule has 0 aromatic heterocycles. The molecule has 1 aromatic rings. The van der Waals surface area contributed by atoms with Crippen LogP contribution in [0.15, 0.2) is 41.4 Å². The van der Waals surface area contributed by atoms with Crippen LogP contribution in [0.4, 0.5) is 0 Å². The molecule has 1 atom stereocenters. The van der Waals surface area contributed by atoms with Gasteiger partial charge in [-0.25, -0.2) is 8.42 Å². The van der Waals surface area contributed by atoms with Crippen LogP contribution < -0.4 is 0 Å². The van der Waals surface area contributed by atoms with Gasteiger partial charge in [0.05, 0.1) is 18.0 Å². The highest BCUT2D eigenvalue weighted by Crippen LogP contribution is 2.37. The summed E-state index contributed by atoms with van der Waals surface area (Å²) in [5, 5.41) is 0. The fourth-order valence-electron chi connectivity index (χ4n) is 3.66. The van der Waals surface area contributed by atoms with Crippen LogP contribution in [0.25, 0.3) is 0 Å². The monoisotopic (exact) mass is 359 g/mol. The number of rotatable bonds is 3. The van der Waals surface area contributed by atoms with Crippen LogP contribution in [0.5, 0.6) is 0 Å². The highest BCUT2D eigenvalue weighted by Gasteiger charge is 2.39. The average molecular weight is 359 g/mol. The first-order chi connectivity index (χ1) is 12.0. The molecular formula is C20H25NO3S. The van der Waals surface area contributed by atoms with Gasteiger partial charge in [-0.2, -0.15) is 0 Å². The van der Waals surface area contributed by atoms with Crippen molar-refractivity contribution in [2.75, 3.05) is 13.2 Å². The van der Waals surface area contributed by atoms with Gasteiger partial charge in [-0.3, -0.25) is 4.31 Å². The van der Waals surface area contributed by atoms with Gasteiger partial charge in [0, 0.05) is 12.1 Å². The van der Waals surface area contributed by atoms with Crippen molar-refractivity contribution in [1.82, 2.24) is 4.31 Å². The van der Waals surface area contributed by atoms with E-state index >= 15 is 0 Å². The maximum atomic E-state index is 12.9. The van der Waals surface area contributed by atoms with E-state index in [0.29, 0.717) is 6.61 Å². The van der Waals surface area contributed by atoms with E-state index in [9.17, 15) is 8.42 Å². The SMILES string of the molecule is C#CC1(C2CCCCC2)C=CN(S(=O)(=O)c2ccc(C)cc2)CCO1. The van der Waals surface area contributed by atoms with Gasteiger partial charge in [-0.15, -0.1) is 6.42 Å². The molecule has 1 fully saturated rings. The Balaban J connectivity index is 1.87. The van der Waals surface area contributed by atoms with Crippen molar-refractivity contribution in [1.29, 1.82) is 0 Å². The number of sulfonamides is 1. The van der Waals surface area contributed by atoms with Crippen molar-refractivity contribution in [2.24, 2.45) is 5.92 Å². The van der Waals surface area contributed by atoms with E-state index in [1.165, 1.54) is 10.7 Å². The summed E-state index contributed by atoms with van der Waals surface area (Å²) >= 11 is 0. The van der Waals surface area contributed by atoms with Gasteiger partial charge in [0.25, 0.3) is 10.0 Å². The molecule has 1 saturated carbocycles. The fraction of sp³-hybridized carbons (Fsp3) is 0.500. The van der Waals surface area contributed by atoms with E-state index < -0.39 is 15.6 Å². The first kappa shape index (κ1) is 18.0. The lowest BCUT2D eigenvalue weighted by Crippen LogP contribution is -2.39. The maximum Gasteiger partial charge on any atom is 0.263 e. The quantitative estimate of drug-likeness (QED) is 0.776. The first-order valence-corrected chi connectivity index (χ1v) is 10.3. The number of nitrogens with zero attached hydrogens (tertiary/aromatic N) is 1. The zero-order valence-electron chi connectivity index (χ0n) is 14.6. The molecule has 1 aliphatic carbocycles. The molecule has 0 radical (unpaired) electrons. The van der Waals surface area contributed by atoms with Crippen LogP contribution in [-0.4, -0.2) is 31.5 Å². The maximum absolute atomic E-state index is 12.9. The largest absolute Gasteiger partial charge is 0.357 e. The molecule has 2 aliphatic rings. The Morgan fingerprint density at radius 2 is 1.88 bits per heavy atom. The lowest BCUT2D eigenvalue weighted by molar-refractivity contribution is -0.0152. The normalized spacial score (nSPS) is 25.4. The lowest BCUT2D eigenvalue weighted by atomic mass is 9.77. The topological polar surface area (TPSA) is 46.6 Å². The number of benzene rings is 1. The van der Waals surface area contributed by atoms with Crippen molar-refractivity contribution in [3.05, 3.63) is 42.1 Å². The standard InChI is InChI=1S/C20H25NO3S/c1-3-20(18-7-5-4-6-8-18)13-14-21(15-16-24-20)25(22,23)19-11-9-17(2)10-12-19/h1,9-14,18H,4-8,15-16H2,2H3. The Morgan fingerprint density at radius 1 is 1.20 bits per heavy atom. The summed E-state index contributed by atoms with van der Waals surface area (Å²) in [4.78, 5) is 0.286. The van der Waals surface area contributed by atoms with E-state index in [1.807, 2.05) is 6.92 Å². The van der Waals surface area contributed by atoms with E-state index in [1.54, 1.807) is 36.5 Å². The molecule has 0 saturated heterocycles. The number of hydrogen-bond acceptors (Lipinski definition) is 3. The summed E-state index contributed by atoms with van der Waals surface area (Å²) in [7, 11) is -3.59. The van der Waals surface area contributed by atoms with Gasteiger partial charge < -0.3 is 4.74 Å².